The van der Waals surface area contributed by atoms with Crippen LogP contribution in [0.2, 0.25) is 0 Å². The largest absolute Gasteiger partial charge is 0.389 e. The van der Waals surface area contributed by atoms with Crippen LogP contribution in [0.15, 0.2) is 0 Å². The summed E-state index contributed by atoms with van der Waals surface area (Å²) in [5, 5.41) is 10.1. The molecule has 0 atom stereocenters. The summed E-state index contributed by atoms with van der Waals surface area (Å²) in [5.41, 5.74) is -0.408. The highest BCUT2D eigenvalue weighted by molar-refractivity contribution is 4.95. The summed E-state index contributed by atoms with van der Waals surface area (Å²) in [5.74, 6) is 5.93. The van der Waals surface area contributed by atoms with Crippen molar-refractivity contribution >= 4 is 0 Å². The number of aliphatic hydroxyl groups is 1. The van der Waals surface area contributed by atoms with E-state index in [-0.39, 0.29) is 0 Å². The lowest BCUT2D eigenvalue weighted by atomic mass is 10.0. The fraction of sp³-hybridized carbons (Fsp3) is 0.833. The van der Waals surface area contributed by atoms with Crippen LogP contribution >= 0.6 is 0 Å². The van der Waals surface area contributed by atoms with Crippen molar-refractivity contribution in [2.24, 2.45) is 0 Å². The molecule has 1 N–H and O–H groups in total. The standard InChI is InChI=1S/C12H21NO/c1-3-4-7-10-13(2)11-12(14)8-5-6-9-12/h14H,5-11H2,1-2H3. The summed E-state index contributed by atoms with van der Waals surface area (Å²) >= 11 is 0. The summed E-state index contributed by atoms with van der Waals surface area (Å²) in [6.45, 7) is 3.63. The first-order valence-corrected chi connectivity index (χ1v) is 5.47. The summed E-state index contributed by atoms with van der Waals surface area (Å²) < 4.78 is 0. The van der Waals surface area contributed by atoms with Crippen LogP contribution in [-0.2, 0) is 0 Å². The smallest absolute Gasteiger partial charge is 0.0774 e. The van der Waals surface area contributed by atoms with Gasteiger partial charge in [0.05, 0.1) is 5.60 Å². The van der Waals surface area contributed by atoms with Gasteiger partial charge in [-0.15, -0.1) is 11.8 Å². The van der Waals surface area contributed by atoms with E-state index in [1.165, 1.54) is 12.8 Å². The van der Waals surface area contributed by atoms with E-state index in [1.54, 1.807) is 0 Å². The van der Waals surface area contributed by atoms with Crippen LogP contribution in [0.3, 0.4) is 0 Å². The number of rotatable bonds is 4. The summed E-state index contributed by atoms with van der Waals surface area (Å²) in [4.78, 5) is 2.19. The molecule has 0 heterocycles. The quantitative estimate of drug-likeness (QED) is 0.689. The molecule has 1 aliphatic carbocycles. The normalized spacial score (nSPS) is 19.4. The van der Waals surface area contributed by atoms with Gasteiger partial charge in [0, 0.05) is 19.5 Å². The first kappa shape index (κ1) is 11.6. The maximum absolute atomic E-state index is 10.1. The molecule has 1 fully saturated rings. The Balaban J connectivity index is 2.23. The molecule has 0 saturated heterocycles. The molecular weight excluding hydrogens is 174 g/mol. The lowest BCUT2D eigenvalue weighted by molar-refractivity contribution is 0.0170. The van der Waals surface area contributed by atoms with Crippen LogP contribution in [0.1, 0.15) is 39.0 Å². The van der Waals surface area contributed by atoms with Crippen LogP contribution in [0, 0.1) is 11.8 Å². The van der Waals surface area contributed by atoms with Gasteiger partial charge in [0.25, 0.3) is 0 Å². The minimum absolute atomic E-state index is 0.408. The SMILES string of the molecule is CC#CCCN(C)CC1(O)CCCC1. The van der Waals surface area contributed by atoms with E-state index in [0.717, 1.165) is 32.4 Å². The van der Waals surface area contributed by atoms with E-state index in [9.17, 15) is 5.11 Å². The van der Waals surface area contributed by atoms with Crippen LogP contribution in [0.4, 0.5) is 0 Å². The third-order valence-corrected chi connectivity index (χ3v) is 2.89. The van der Waals surface area contributed by atoms with Crippen molar-refractivity contribution < 1.29 is 5.11 Å². The Morgan fingerprint density at radius 1 is 1.36 bits per heavy atom. The van der Waals surface area contributed by atoms with Crippen LogP contribution < -0.4 is 0 Å². The van der Waals surface area contributed by atoms with Crippen LogP contribution in [0.5, 0.6) is 0 Å². The molecule has 0 aromatic carbocycles. The molecule has 0 radical (unpaired) electrons. The number of nitrogens with zero attached hydrogens (tertiary/aromatic N) is 1. The Bertz CT molecular complexity index is 220. The molecule has 0 amide bonds. The monoisotopic (exact) mass is 195 g/mol. The molecule has 1 aliphatic rings. The maximum atomic E-state index is 10.1. The Labute approximate surface area is 87.3 Å². The zero-order valence-corrected chi connectivity index (χ0v) is 9.34. The van der Waals surface area contributed by atoms with Gasteiger partial charge in [-0.1, -0.05) is 12.8 Å². The van der Waals surface area contributed by atoms with Gasteiger partial charge in [-0.3, -0.25) is 0 Å². The topological polar surface area (TPSA) is 23.5 Å². The highest BCUT2D eigenvalue weighted by Crippen LogP contribution is 2.29. The van der Waals surface area contributed by atoms with Gasteiger partial charge < -0.3 is 10.0 Å². The average Bonchev–Trinajstić information content (AvgIpc) is 2.52. The number of hydrogen-bond donors (Lipinski definition) is 1. The lowest BCUT2D eigenvalue weighted by Gasteiger charge is -2.28. The van der Waals surface area contributed by atoms with Gasteiger partial charge in [-0.2, -0.15) is 0 Å². The first-order valence-electron chi connectivity index (χ1n) is 5.47. The van der Waals surface area contributed by atoms with E-state index >= 15 is 0 Å². The third-order valence-electron chi connectivity index (χ3n) is 2.89. The van der Waals surface area contributed by atoms with E-state index in [2.05, 4.69) is 23.8 Å². The molecule has 0 unspecified atom stereocenters. The summed E-state index contributed by atoms with van der Waals surface area (Å²) in [6.07, 6.45) is 5.20. The fourth-order valence-corrected chi connectivity index (χ4v) is 2.14. The van der Waals surface area contributed by atoms with Gasteiger partial charge in [-0.25, -0.2) is 0 Å². The van der Waals surface area contributed by atoms with Crippen LogP contribution in [0.25, 0.3) is 0 Å². The first-order chi connectivity index (χ1) is 6.66. The van der Waals surface area contributed by atoms with Gasteiger partial charge in [0.2, 0.25) is 0 Å². The Hall–Kier alpha value is -0.520. The molecule has 1 saturated carbocycles. The van der Waals surface area contributed by atoms with Crippen molar-refractivity contribution in [2.75, 3.05) is 20.1 Å². The van der Waals surface area contributed by atoms with E-state index in [1.807, 2.05) is 6.92 Å². The molecule has 0 aromatic heterocycles. The van der Waals surface area contributed by atoms with Crippen molar-refractivity contribution in [3.05, 3.63) is 0 Å². The summed E-state index contributed by atoms with van der Waals surface area (Å²) in [7, 11) is 2.06. The van der Waals surface area contributed by atoms with E-state index in [4.69, 9.17) is 0 Å². The van der Waals surface area contributed by atoms with Gasteiger partial charge in [-0.05, 0) is 26.8 Å². The van der Waals surface area contributed by atoms with Crippen molar-refractivity contribution in [2.45, 2.75) is 44.6 Å². The molecule has 0 bridgehead atoms. The Morgan fingerprint density at radius 2 is 2.00 bits per heavy atom. The zero-order chi connectivity index (χ0) is 10.4. The van der Waals surface area contributed by atoms with Crippen molar-refractivity contribution in [1.29, 1.82) is 0 Å². The average molecular weight is 195 g/mol. The molecule has 0 aliphatic heterocycles. The number of hydrogen-bond acceptors (Lipinski definition) is 2. The third kappa shape index (κ3) is 3.69. The van der Waals surface area contributed by atoms with Gasteiger partial charge in [0.15, 0.2) is 0 Å². The second-order valence-corrected chi connectivity index (χ2v) is 4.35. The van der Waals surface area contributed by atoms with Crippen LogP contribution in [-0.4, -0.2) is 35.7 Å². The van der Waals surface area contributed by atoms with Crippen molar-refractivity contribution in [3.8, 4) is 11.8 Å². The van der Waals surface area contributed by atoms with Crippen molar-refractivity contribution in [1.82, 2.24) is 4.90 Å². The molecular formula is C12H21NO. The van der Waals surface area contributed by atoms with Gasteiger partial charge in [0.1, 0.15) is 0 Å². The number of likely N-dealkylation sites (N-methyl/N-ethyl adjacent to an activating group) is 1. The Kier molecular flexibility index (Phi) is 4.44. The zero-order valence-electron chi connectivity index (χ0n) is 9.34. The predicted molar refractivity (Wildman–Crippen MR) is 59.0 cm³/mol. The highest BCUT2D eigenvalue weighted by atomic mass is 16.3. The Morgan fingerprint density at radius 3 is 2.57 bits per heavy atom. The molecule has 0 aromatic rings. The molecule has 1 rings (SSSR count). The van der Waals surface area contributed by atoms with Gasteiger partial charge >= 0.3 is 0 Å². The molecule has 2 heteroatoms. The van der Waals surface area contributed by atoms with E-state index in [0.29, 0.717) is 0 Å². The fourth-order valence-electron chi connectivity index (χ4n) is 2.14. The molecule has 80 valence electrons. The molecule has 2 nitrogen and oxygen atoms in total. The minimum Gasteiger partial charge on any atom is -0.389 e. The second-order valence-electron chi connectivity index (χ2n) is 4.35. The van der Waals surface area contributed by atoms with E-state index < -0.39 is 5.60 Å². The predicted octanol–water partition coefficient (Wildman–Crippen LogP) is 1.64. The summed E-state index contributed by atoms with van der Waals surface area (Å²) in [6, 6.07) is 0. The molecule has 0 spiro atoms. The maximum Gasteiger partial charge on any atom is 0.0774 e. The highest BCUT2D eigenvalue weighted by Gasteiger charge is 2.31. The molecule has 14 heavy (non-hydrogen) atoms. The lowest BCUT2D eigenvalue weighted by Crippen LogP contribution is -2.39. The van der Waals surface area contributed by atoms with Crippen molar-refractivity contribution in [3.63, 3.8) is 0 Å². The second kappa shape index (κ2) is 5.38. The minimum atomic E-state index is -0.408.